The maximum absolute atomic E-state index is 7.44. The minimum absolute atomic E-state index is 0.210. The molecule has 0 saturated carbocycles. The van der Waals surface area contributed by atoms with Gasteiger partial charge in [-0.25, -0.2) is 0 Å². The summed E-state index contributed by atoms with van der Waals surface area (Å²) in [5.41, 5.74) is 0.698. The van der Waals surface area contributed by atoms with E-state index < -0.39 is 0 Å². The average molecular weight is 168 g/mol. The molecule has 1 rings (SSSR count). The van der Waals surface area contributed by atoms with Crippen molar-refractivity contribution in [3.8, 4) is 0 Å². The van der Waals surface area contributed by atoms with Gasteiger partial charge in [-0.3, -0.25) is 5.41 Å². The fourth-order valence-electron chi connectivity index (χ4n) is 1.57. The summed E-state index contributed by atoms with van der Waals surface area (Å²) in [4.78, 5) is 2.12. The Balaban J connectivity index is 2.79. The summed E-state index contributed by atoms with van der Waals surface area (Å²) in [5.74, 6) is 0.210. The molecule has 0 spiro atoms. The highest BCUT2D eigenvalue weighted by atomic mass is 16.5. The maximum Gasteiger partial charge on any atom is 0.229 e. The van der Waals surface area contributed by atoms with Crippen molar-refractivity contribution in [3.63, 3.8) is 0 Å². The van der Waals surface area contributed by atoms with Gasteiger partial charge in [0, 0.05) is 6.04 Å². The molecule has 1 heterocycles. The normalized spacial score (nSPS) is 24.7. The average Bonchev–Trinajstić information content (AvgIpc) is 1.97. The van der Waals surface area contributed by atoms with Gasteiger partial charge in [0.15, 0.2) is 0 Å². The third-order valence-corrected chi connectivity index (χ3v) is 2.07. The summed E-state index contributed by atoms with van der Waals surface area (Å²) in [5, 5.41) is 7.44. The lowest BCUT2D eigenvalue weighted by molar-refractivity contribution is 0.116. The zero-order valence-corrected chi connectivity index (χ0v) is 7.92. The van der Waals surface area contributed by atoms with Gasteiger partial charge in [-0.05, 0) is 20.8 Å². The Morgan fingerprint density at radius 2 is 2.25 bits per heavy atom. The quantitative estimate of drug-likeness (QED) is 0.645. The molecule has 3 heteroatoms. The highest BCUT2D eigenvalue weighted by molar-refractivity contribution is 5.90. The largest absolute Gasteiger partial charge is 0.474 e. The molecule has 1 atom stereocenters. The summed E-state index contributed by atoms with van der Waals surface area (Å²) in [7, 11) is 0. The van der Waals surface area contributed by atoms with Crippen molar-refractivity contribution in [1.29, 1.82) is 5.41 Å². The number of ether oxygens (including phenoxy) is 1. The zero-order valence-electron chi connectivity index (χ0n) is 7.92. The minimum atomic E-state index is 0.210. The first kappa shape index (κ1) is 9.10. The van der Waals surface area contributed by atoms with Crippen molar-refractivity contribution in [1.82, 2.24) is 4.90 Å². The molecule has 1 aliphatic heterocycles. The molecular formula is C9H16N2O. The first-order valence-electron chi connectivity index (χ1n) is 4.23. The Hall–Kier alpha value is -0.990. The summed E-state index contributed by atoms with van der Waals surface area (Å²) in [6, 6.07) is 0.711. The SMILES string of the molecule is C=C1C(=N)OCC(C)N1C(C)C. The molecule has 0 aliphatic carbocycles. The van der Waals surface area contributed by atoms with Crippen molar-refractivity contribution in [2.75, 3.05) is 6.61 Å². The van der Waals surface area contributed by atoms with Gasteiger partial charge in [-0.2, -0.15) is 0 Å². The molecule has 1 N–H and O–H groups in total. The van der Waals surface area contributed by atoms with Gasteiger partial charge in [-0.15, -0.1) is 0 Å². The lowest BCUT2D eigenvalue weighted by Crippen LogP contribution is -2.47. The number of nitrogens with one attached hydrogen (secondary N) is 1. The van der Waals surface area contributed by atoms with Crippen LogP contribution in [0.25, 0.3) is 0 Å². The number of nitrogens with zero attached hydrogens (tertiary/aromatic N) is 1. The molecule has 3 nitrogen and oxygen atoms in total. The molecule has 1 fully saturated rings. The smallest absolute Gasteiger partial charge is 0.229 e. The molecular weight excluding hydrogens is 152 g/mol. The first-order chi connectivity index (χ1) is 5.54. The van der Waals surface area contributed by atoms with Gasteiger partial charge < -0.3 is 9.64 Å². The fraction of sp³-hybridized carbons (Fsp3) is 0.667. The molecule has 12 heavy (non-hydrogen) atoms. The highest BCUT2D eigenvalue weighted by Crippen LogP contribution is 2.19. The van der Waals surface area contributed by atoms with Crippen molar-refractivity contribution in [2.24, 2.45) is 0 Å². The third-order valence-electron chi connectivity index (χ3n) is 2.07. The van der Waals surface area contributed by atoms with Gasteiger partial charge in [0.25, 0.3) is 0 Å². The van der Waals surface area contributed by atoms with Crippen molar-refractivity contribution < 1.29 is 4.74 Å². The Labute approximate surface area is 73.5 Å². The molecule has 0 amide bonds. The molecule has 1 aliphatic rings. The van der Waals surface area contributed by atoms with Gasteiger partial charge in [0.1, 0.15) is 6.61 Å². The second kappa shape index (κ2) is 3.17. The summed E-state index contributed by atoms with van der Waals surface area (Å²) < 4.78 is 5.12. The second-order valence-electron chi connectivity index (χ2n) is 3.44. The van der Waals surface area contributed by atoms with E-state index in [9.17, 15) is 0 Å². The van der Waals surface area contributed by atoms with Crippen LogP contribution < -0.4 is 0 Å². The van der Waals surface area contributed by atoms with E-state index in [4.69, 9.17) is 10.1 Å². The van der Waals surface area contributed by atoms with Crippen LogP contribution >= 0.6 is 0 Å². The van der Waals surface area contributed by atoms with Crippen LogP contribution in [0.1, 0.15) is 20.8 Å². The predicted molar refractivity (Wildman–Crippen MR) is 49.3 cm³/mol. The van der Waals surface area contributed by atoms with Crippen LogP contribution in [0.5, 0.6) is 0 Å². The standard InChI is InChI=1S/C9H16N2O/c1-6(2)11-7(3)5-12-9(10)8(11)4/h6-7,10H,4-5H2,1-3H3. The predicted octanol–water partition coefficient (Wildman–Crippen LogP) is 1.61. The van der Waals surface area contributed by atoms with Crippen LogP contribution in [0.2, 0.25) is 0 Å². The topological polar surface area (TPSA) is 36.3 Å². The summed E-state index contributed by atoms with van der Waals surface area (Å²) >= 11 is 0. The van der Waals surface area contributed by atoms with Gasteiger partial charge in [0.2, 0.25) is 5.90 Å². The zero-order chi connectivity index (χ0) is 9.30. The molecule has 0 aromatic carbocycles. The van der Waals surface area contributed by atoms with E-state index in [1.807, 2.05) is 0 Å². The van der Waals surface area contributed by atoms with E-state index in [1.165, 1.54) is 0 Å². The van der Waals surface area contributed by atoms with Crippen molar-refractivity contribution >= 4 is 5.90 Å². The Bertz CT molecular complexity index is 211. The molecule has 1 saturated heterocycles. The van der Waals surface area contributed by atoms with E-state index in [0.29, 0.717) is 24.4 Å². The lowest BCUT2D eigenvalue weighted by atomic mass is 10.1. The fourth-order valence-corrected chi connectivity index (χ4v) is 1.57. The van der Waals surface area contributed by atoms with E-state index in [-0.39, 0.29) is 5.90 Å². The van der Waals surface area contributed by atoms with Crippen LogP contribution in [0.4, 0.5) is 0 Å². The second-order valence-corrected chi connectivity index (χ2v) is 3.44. The molecule has 0 bridgehead atoms. The number of rotatable bonds is 1. The summed E-state index contributed by atoms with van der Waals surface area (Å²) in [6.07, 6.45) is 0. The Morgan fingerprint density at radius 3 is 2.67 bits per heavy atom. The molecule has 0 aromatic heterocycles. The van der Waals surface area contributed by atoms with Crippen LogP contribution in [0, 0.1) is 5.41 Å². The van der Waals surface area contributed by atoms with Gasteiger partial charge in [0.05, 0.1) is 11.7 Å². The molecule has 0 aromatic rings. The van der Waals surface area contributed by atoms with Crippen molar-refractivity contribution in [2.45, 2.75) is 32.9 Å². The molecule has 0 radical (unpaired) electrons. The van der Waals surface area contributed by atoms with Crippen LogP contribution in [-0.2, 0) is 4.74 Å². The lowest BCUT2D eigenvalue weighted by Gasteiger charge is -2.39. The van der Waals surface area contributed by atoms with Crippen molar-refractivity contribution in [3.05, 3.63) is 12.3 Å². The molecule has 68 valence electrons. The Morgan fingerprint density at radius 1 is 1.67 bits per heavy atom. The van der Waals surface area contributed by atoms with E-state index in [1.54, 1.807) is 0 Å². The highest BCUT2D eigenvalue weighted by Gasteiger charge is 2.27. The van der Waals surface area contributed by atoms with E-state index >= 15 is 0 Å². The van der Waals surface area contributed by atoms with E-state index in [2.05, 4.69) is 32.3 Å². The minimum Gasteiger partial charge on any atom is -0.474 e. The summed E-state index contributed by atoms with van der Waals surface area (Å²) in [6.45, 7) is 10.7. The molecule has 1 unspecified atom stereocenters. The van der Waals surface area contributed by atoms with Crippen LogP contribution in [0.3, 0.4) is 0 Å². The number of hydrogen-bond donors (Lipinski definition) is 1. The van der Waals surface area contributed by atoms with Crippen LogP contribution in [-0.4, -0.2) is 29.5 Å². The number of morpholine rings is 1. The van der Waals surface area contributed by atoms with Gasteiger partial charge in [-0.1, -0.05) is 6.58 Å². The first-order valence-corrected chi connectivity index (χ1v) is 4.23. The monoisotopic (exact) mass is 168 g/mol. The maximum atomic E-state index is 7.44. The van der Waals surface area contributed by atoms with Gasteiger partial charge >= 0.3 is 0 Å². The Kier molecular flexibility index (Phi) is 2.40. The number of hydrogen-bond acceptors (Lipinski definition) is 3. The van der Waals surface area contributed by atoms with E-state index in [0.717, 1.165) is 0 Å². The van der Waals surface area contributed by atoms with Crippen LogP contribution in [0.15, 0.2) is 12.3 Å². The third kappa shape index (κ3) is 1.44.